The molecule has 1 aromatic carbocycles. The fourth-order valence-corrected chi connectivity index (χ4v) is 5.74. The van der Waals surface area contributed by atoms with Crippen LogP contribution in [0.15, 0.2) is 36.7 Å². The Morgan fingerprint density at radius 1 is 1.22 bits per heavy atom. The topological polar surface area (TPSA) is 98.2 Å². The predicted molar refractivity (Wildman–Crippen MR) is 158 cm³/mol. The zero-order chi connectivity index (χ0) is 28.8. The van der Waals surface area contributed by atoms with E-state index in [0.29, 0.717) is 61.6 Å². The van der Waals surface area contributed by atoms with Crippen LogP contribution in [0.5, 0.6) is 11.5 Å². The lowest BCUT2D eigenvalue weighted by Gasteiger charge is -2.36. The quantitative estimate of drug-likeness (QED) is 0.301. The van der Waals surface area contributed by atoms with E-state index in [-0.39, 0.29) is 24.5 Å². The van der Waals surface area contributed by atoms with Crippen LogP contribution in [-0.2, 0) is 22.6 Å². The van der Waals surface area contributed by atoms with Crippen LogP contribution >= 0.6 is 11.6 Å². The number of methoxy groups -OCH3 is 1. The monoisotopic (exact) mass is 583 g/mol. The first kappa shape index (κ1) is 29.0. The summed E-state index contributed by atoms with van der Waals surface area (Å²) >= 11 is 6.67. The van der Waals surface area contributed by atoms with Crippen LogP contribution in [0, 0.1) is 0 Å². The molecule has 1 N–H and O–H groups in total. The van der Waals surface area contributed by atoms with E-state index in [1.807, 2.05) is 29.2 Å². The number of hydrogen-bond acceptors (Lipinski definition) is 6. The molecule has 2 fully saturated rings. The minimum Gasteiger partial charge on any atom is -0.493 e. The Kier molecular flexibility index (Phi) is 9.51. The third-order valence-corrected chi connectivity index (χ3v) is 7.83. The van der Waals surface area contributed by atoms with E-state index in [4.69, 9.17) is 25.8 Å². The van der Waals surface area contributed by atoms with Gasteiger partial charge in [-0.2, -0.15) is 0 Å². The van der Waals surface area contributed by atoms with Gasteiger partial charge in [0.25, 0.3) is 0 Å². The summed E-state index contributed by atoms with van der Waals surface area (Å²) in [5.74, 6) is 1.17. The molecule has 4 heterocycles. The van der Waals surface area contributed by atoms with Crippen molar-refractivity contribution in [2.75, 3.05) is 44.9 Å². The molecular weight excluding hydrogens is 546 g/mol. The Hall–Kier alpha value is -3.50. The van der Waals surface area contributed by atoms with Crippen molar-refractivity contribution < 1.29 is 23.8 Å². The van der Waals surface area contributed by atoms with Crippen molar-refractivity contribution in [3.8, 4) is 11.5 Å². The number of nitrogens with zero attached hydrogens (tertiary/aromatic N) is 4. The highest BCUT2D eigenvalue weighted by Crippen LogP contribution is 2.34. The van der Waals surface area contributed by atoms with E-state index in [9.17, 15) is 9.59 Å². The number of carbonyl (C=O) groups excluding carboxylic acids is 2. The summed E-state index contributed by atoms with van der Waals surface area (Å²) in [6.45, 7) is 5.66. The van der Waals surface area contributed by atoms with Crippen LogP contribution in [0.3, 0.4) is 0 Å². The van der Waals surface area contributed by atoms with Crippen LogP contribution in [0.2, 0.25) is 5.02 Å². The van der Waals surface area contributed by atoms with Gasteiger partial charge in [-0.3, -0.25) is 9.69 Å². The fourth-order valence-electron chi connectivity index (χ4n) is 5.41. The van der Waals surface area contributed by atoms with Crippen molar-refractivity contribution >= 4 is 40.3 Å². The van der Waals surface area contributed by atoms with E-state index < -0.39 is 0 Å². The second kappa shape index (κ2) is 13.4. The van der Waals surface area contributed by atoms with Gasteiger partial charge in [0.15, 0.2) is 11.5 Å². The van der Waals surface area contributed by atoms with E-state index in [0.717, 1.165) is 48.7 Å². The summed E-state index contributed by atoms with van der Waals surface area (Å²) in [4.78, 5) is 34.5. The lowest BCUT2D eigenvalue weighted by molar-refractivity contribution is -0.122. The molecule has 0 aliphatic carbocycles. The van der Waals surface area contributed by atoms with Gasteiger partial charge in [-0.15, -0.1) is 0 Å². The molecule has 5 rings (SSSR count). The lowest BCUT2D eigenvalue weighted by atomic mass is 10.1. The van der Waals surface area contributed by atoms with Crippen LogP contribution < -0.4 is 19.7 Å². The largest absolute Gasteiger partial charge is 0.493 e. The van der Waals surface area contributed by atoms with E-state index in [2.05, 4.69) is 17.2 Å². The maximum absolute atomic E-state index is 13.7. The zero-order valence-electron chi connectivity index (χ0n) is 23.7. The Bertz CT molecular complexity index is 1370. The first-order valence-electron chi connectivity index (χ1n) is 14.3. The summed E-state index contributed by atoms with van der Waals surface area (Å²) in [5.41, 5.74) is 2.27. The second-order valence-electron chi connectivity index (χ2n) is 10.5. The van der Waals surface area contributed by atoms with Crippen LogP contribution in [0.25, 0.3) is 11.0 Å². The SMILES string of the molecule is CCCCCOc1cc(N2CCCN(Cc3ccnc4c3c(Cl)cn4CC(=O)NC3CCOC3)C2=O)ccc1OC. The summed E-state index contributed by atoms with van der Waals surface area (Å²) in [5, 5.41) is 4.26. The van der Waals surface area contributed by atoms with Crippen molar-refractivity contribution in [2.24, 2.45) is 0 Å². The number of nitrogens with one attached hydrogen (secondary N) is 1. The molecule has 2 saturated heterocycles. The summed E-state index contributed by atoms with van der Waals surface area (Å²) < 4.78 is 18.6. The molecule has 0 spiro atoms. The maximum atomic E-state index is 13.7. The molecule has 220 valence electrons. The second-order valence-corrected chi connectivity index (χ2v) is 10.9. The molecule has 11 heteroatoms. The number of unbranched alkanes of at least 4 members (excludes halogenated alkanes) is 2. The standard InChI is InChI=1S/C30H38ClN5O5/c1-3-4-5-14-41-26-16-23(7-8-25(26)39-2)36-13-6-12-34(30(36)38)17-21-9-11-32-29-28(21)24(31)18-35(29)19-27(37)33-22-10-15-40-20-22/h7-9,11,16,18,22H,3-6,10,12-15,17,19-20H2,1-2H3,(H,33,37). The number of pyridine rings is 1. The molecule has 0 saturated carbocycles. The molecule has 2 aliphatic heterocycles. The van der Waals surface area contributed by atoms with Gasteiger partial charge in [0, 0.05) is 55.8 Å². The molecule has 2 aliphatic rings. The fraction of sp³-hybridized carbons (Fsp3) is 0.500. The zero-order valence-corrected chi connectivity index (χ0v) is 24.5. The van der Waals surface area contributed by atoms with Gasteiger partial charge in [-0.05, 0) is 43.0 Å². The molecule has 0 radical (unpaired) electrons. The maximum Gasteiger partial charge on any atom is 0.324 e. The van der Waals surface area contributed by atoms with Gasteiger partial charge in [0.1, 0.15) is 12.2 Å². The highest BCUT2D eigenvalue weighted by Gasteiger charge is 2.29. The van der Waals surface area contributed by atoms with Gasteiger partial charge >= 0.3 is 6.03 Å². The number of aromatic nitrogens is 2. The van der Waals surface area contributed by atoms with Crippen LogP contribution in [-0.4, -0.2) is 72.5 Å². The Morgan fingerprint density at radius 2 is 2.10 bits per heavy atom. The summed E-state index contributed by atoms with van der Waals surface area (Å²) in [6.07, 6.45) is 8.24. The van der Waals surface area contributed by atoms with Gasteiger partial charge in [-0.1, -0.05) is 31.4 Å². The number of benzene rings is 1. The van der Waals surface area contributed by atoms with E-state index in [1.165, 1.54) is 0 Å². The molecule has 3 amide bonds. The summed E-state index contributed by atoms with van der Waals surface area (Å²) in [7, 11) is 1.62. The van der Waals surface area contributed by atoms with Crippen molar-refractivity contribution in [1.29, 1.82) is 0 Å². The first-order valence-corrected chi connectivity index (χ1v) is 14.7. The predicted octanol–water partition coefficient (Wildman–Crippen LogP) is 5.00. The number of anilines is 1. The normalized spacial score (nSPS) is 17.3. The molecule has 3 aromatic rings. The van der Waals surface area contributed by atoms with Gasteiger partial charge in [0.2, 0.25) is 5.91 Å². The van der Waals surface area contributed by atoms with Crippen molar-refractivity contribution in [1.82, 2.24) is 19.8 Å². The minimum atomic E-state index is -0.115. The lowest BCUT2D eigenvalue weighted by Crippen LogP contribution is -2.49. The number of fused-ring (bicyclic) bond motifs is 1. The van der Waals surface area contributed by atoms with E-state index >= 15 is 0 Å². The molecule has 2 aromatic heterocycles. The molecule has 1 atom stereocenters. The smallest absolute Gasteiger partial charge is 0.324 e. The number of hydrogen-bond donors (Lipinski definition) is 1. The van der Waals surface area contributed by atoms with Crippen LogP contribution in [0.4, 0.5) is 10.5 Å². The highest BCUT2D eigenvalue weighted by molar-refractivity contribution is 6.35. The molecular formula is C30H38ClN5O5. The number of amides is 3. The molecule has 1 unspecified atom stereocenters. The highest BCUT2D eigenvalue weighted by atomic mass is 35.5. The third-order valence-electron chi connectivity index (χ3n) is 7.54. The van der Waals surface area contributed by atoms with Gasteiger partial charge in [0.05, 0.1) is 31.4 Å². The number of carbonyl (C=O) groups is 2. The Labute approximate surface area is 245 Å². The number of halogens is 1. The number of ether oxygens (including phenoxy) is 3. The summed E-state index contributed by atoms with van der Waals surface area (Å²) in [6, 6.07) is 7.46. The van der Waals surface area contributed by atoms with Crippen molar-refractivity contribution in [2.45, 2.75) is 58.2 Å². The minimum absolute atomic E-state index is 0.0331. The van der Waals surface area contributed by atoms with Crippen molar-refractivity contribution in [3.63, 3.8) is 0 Å². The molecule has 0 bridgehead atoms. The number of urea groups is 1. The average molecular weight is 584 g/mol. The Balaban J connectivity index is 1.31. The van der Waals surface area contributed by atoms with E-state index in [1.54, 1.807) is 29.0 Å². The Morgan fingerprint density at radius 3 is 2.88 bits per heavy atom. The van der Waals surface area contributed by atoms with Gasteiger partial charge in [-0.25, -0.2) is 9.78 Å². The van der Waals surface area contributed by atoms with Crippen LogP contribution in [0.1, 0.15) is 44.6 Å². The molecule has 10 nitrogen and oxygen atoms in total. The van der Waals surface area contributed by atoms with Gasteiger partial charge < -0.3 is 29.0 Å². The van der Waals surface area contributed by atoms with Crippen molar-refractivity contribution in [3.05, 3.63) is 47.2 Å². The number of rotatable bonds is 12. The average Bonchev–Trinajstić information content (AvgIpc) is 3.60. The molecule has 41 heavy (non-hydrogen) atoms. The first-order chi connectivity index (χ1) is 20.0. The third kappa shape index (κ3) is 6.70.